The molecule has 0 aliphatic rings. The van der Waals surface area contributed by atoms with Gasteiger partial charge in [-0.25, -0.2) is 14.4 Å². The van der Waals surface area contributed by atoms with Crippen LogP contribution >= 0.6 is 11.3 Å². The Labute approximate surface area is 146 Å². The Bertz CT molecular complexity index is 805. The molecule has 9 heteroatoms. The highest BCUT2D eigenvalue weighted by Gasteiger charge is 2.27. The van der Waals surface area contributed by atoms with Crippen LogP contribution in [0.4, 0.5) is 5.00 Å². The van der Waals surface area contributed by atoms with Gasteiger partial charge in [-0.05, 0) is 18.2 Å². The number of thiophene rings is 1. The minimum Gasteiger partial charge on any atom is -0.465 e. The van der Waals surface area contributed by atoms with Crippen molar-refractivity contribution in [2.24, 2.45) is 0 Å². The number of hydrogen-bond donors (Lipinski definition) is 1. The maximum atomic E-state index is 11.9. The third-order valence-electron chi connectivity index (χ3n) is 3.08. The summed E-state index contributed by atoms with van der Waals surface area (Å²) in [6, 6.07) is 3.33. The van der Waals surface area contributed by atoms with E-state index in [9.17, 15) is 14.4 Å². The second-order valence-electron chi connectivity index (χ2n) is 4.59. The lowest BCUT2D eigenvalue weighted by Gasteiger charge is -2.06. The molecule has 2 heterocycles. The van der Waals surface area contributed by atoms with E-state index < -0.39 is 17.9 Å². The second-order valence-corrected chi connectivity index (χ2v) is 5.64. The van der Waals surface area contributed by atoms with Gasteiger partial charge in [0.1, 0.15) is 27.8 Å². The summed E-state index contributed by atoms with van der Waals surface area (Å²) < 4.78 is 19.4. The molecule has 0 spiro atoms. The van der Waals surface area contributed by atoms with Gasteiger partial charge in [0.05, 0.1) is 20.5 Å². The number of rotatable bonds is 6. The predicted octanol–water partition coefficient (Wildman–Crippen LogP) is 2.25. The minimum atomic E-state index is -0.735. The molecule has 2 aromatic rings. The molecule has 8 nitrogen and oxygen atoms in total. The number of hydrogen-bond acceptors (Lipinski definition) is 9. The van der Waals surface area contributed by atoms with E-state index in [1.165, 1.54) is 26.6 Å². The van der Waals surface area contributed by atoms with E-state index in [-0.39, 0.29) is 27.6 Å². The van der Waals surface area contributed by atoms with Crippen molar-refractivity contribution >= 4 is 40.3 Å². The minimum absolute atomic E-state index is 0.0179. The lowest BCUT2D eigenvalue weighted by atomic mass is 10.1. The Morgan fingerprint density at radius 3 is 2.56 bits per heavy atom. The van der Waals surface area contributed by atoms with E-state index in [1.807, 2.05) is 0 Å². The fourth-order valence-corrected chi connectivity index (χ4v) is 2.91. The second kappa shape index (κ2) is 8.15. The zero-order valence-electron chi connectivity index (χ0n) is 13.4. The maximum Gasteiger partial charge on any atom is 0.348 e. The van der Waals surface area contributed by atoms with Gasteiger partial charge in [0, 0.05) is 11.6 Å². The van der Waals surface area contributed by atoms with Gasteiger partial charge in [0.2, 0.25) is 0 Å². The zero-order chi connectivity index (χ0) is 18.4. The molecule has 2 aromatic heterocycles. The number of furan rings is 1. The molecule has 0 amide bonds. The fraction of sp³-hybridized carbons (Fsp3) is 0.188. The highest BCUT2D eigenvalue weighted by Crippen LogP contribution is 2.33. The number of methoxy groups -OCH3 is 2. The highest BCUT2D eigenvalue weighted by molar-refractivity contribution is 7.18. The topological polar surface area (TPSA) is 118 Å². The summed E-state index contributed by atoms with van der Waals surface area (Å²) >= 11 is 0.859. The van der Waals surface area contributed by atoms with E-state index in [1.54, 1.807) is 12.1 Å². The Morgan fingerprint density at radius 2 is 1.96 bits per heavy atom. The van der Waals surface area contributed by atoms with Crippen molar-refractivity contribution in [2.45, 2.75) is 6.61 Å². The van der Waals surface area contributed by atoms with Crippen LogP contribution in [-0.4, -0.2) is 32.1 Å². The maximum absolute atomic E-state index is 11.9. The van der Waals surface area contributed by atoms with Gasteiger partial charge in [0.25, 0.3) is 0 Å². The van der Waals surface area contributed by atoms with Crippen molar-refractivity contribution in [3.05, 3.63) is 46.2 Å². The summed E-state index contributed by atoms with van der Waals surface area (Å²) in [6.45, 7) is -0.343. The van der Waals surface area contributed by atoms with Crippen LogP contribution in [0.3, 0.4) is 0 Å². The molecule has 0 saturated heterocycles. The molecule has 0 bridgehead atoms. The summed E-state index contributed by atoms with van der Waals surface area (Å²) in [6.07, 6.45) is 4.04. The summed E-state index contributed by atoms with van der Waals surface area (Å²) in [7, 11) is 2.37. The summed E-state index contributed by atoms with van der Waals surface area (Å²) in [5.74, 6) is -1.64. The average Bonchev–Trinajstić information content (AvgIpc) is 3.24. The first-order valence-corrected chi connectivity index (χ1v) is 7.75. The largest absolute Gasteiger partial charge is 0.465 e. The molecule has 0 fully saturated rings. The van der Waals surface area contributed by atoms with Crippen LogP contribution < -0.4 is 5.73 Å². The van der Waals surface area contributed by atoms with Crippen LogP contribution in [0.1, 0.15) is 31.4 Å². The van der Waals surface area contributed by atoms with E-state index in [0.717, 1.165) is 17.4 Å². The van der Waals surface area contributed by atoms with Crippen LogP contribution in [0.5, 0.6) is 0 Å². The number of carbonyl (C=O) groups excluding carboxylic acids is 3. The van der Waals surface area contributed by atoms with Crippen molar-refractivity contribution in [3.8, 4) is 0 Å². The van der Waals surface area contributed by atoms with Crippen molar-refractivity contribution < 1.29 is 33.0 Å². The van der Waals surface area contributed by atoms with Gasteiger partial charge < -0.3 is 24.4 Å². The lowest BCUT2D eigenvalue weighted by Crippen LogP contribution is -2.11. The van der Waals surface area contributed by atoms with Crippen LogP contribution in [0.15, 0.2) is 28.9 Å². The number of carbonyl (C=O) groups is 3. The molecule has 2 N–H and O–H groups in total. The normalized spacial score (nSPS) is 10.6. The van der Waals surface area contributed by atoms with E-state index in [4.69, 9.17) is 14.9 Å². The van der Waals surface area contributed by atoms with Crippen LogP contribution in [-0.2, 0) is 25.6 Å². The molecule has 0 unspecified atom stereocenters. The van der Waals surface area contributed by atoms with Crippen molar-refractivity contribution in [2.75, 3.05) is 20.0 Å². The molecule has 2 rings (SSSR count). The van der Waals surface area contributed by atoms with Crippen LogP contribution in [0.25, 0.3) is 6.08 Å². The molecule has 0 radical (unpaired) electrons. The highest BCUT2D eigenvalue weighted by atomic mass is 32.1. The summed E-state index contributed by atoms with van der Waals surface area (Å²) in [4.78, 5) is 35.6. The molecule has 0 atom stereocenters. The zero-order valence-corrected chi connectivity index (χ0v) is 14.3. The lowest BCUT2D eigenvalue weighted by molar-refractivity contribution is -0.138. The molecule has 0 aliphatic heterocycles. The van der Waals surface area contributed by atoms with Gasteiger partial charge in [-0.1, -0.05) is 0 Å². The smallest absolute Gasteiger partial charge is 0.348 e. The van der Waals surface area contributed by atoms with E-state index >= 15 is 0 Å². The van der Waals surface area contributed by atoms with Crippen molar-refractivity contribution in [1.82, 2.24) is 0 Å². The fourth-order valence-electron chi connectivity index (χ4n) is 1.93. The van der Waals surface area contributed by atoms with Gasteiger partial charge in [-0.3, -0.25) is 0 Å². The van der Waals surface area contributed by atoms with Gasteiger partial charge >= 0.3 is 17.9 Å². The quantitative estimate of drug-likeness (QED) is 0.470. The first-order valence-electron chi connectivity index (χ1n) is 6.94. The van der Waals surface area contributed by atoms with E-state index in [2.05, 4.69) is 9.47 Å². The average molecular weight is 365 g/mol. The van der Waals surface area contributed by atoms with Crippen molar-refractivity contribution in [3.63, 3.8) is 0 Å². The standard InChI is InChI=1S/C16H15NO7S/c1-21-15(19)12-10(13(16(20)22-2)25-14(12)17)8-24-11(18)6-5-9-4-3-7-23-9/h3-7H,8,17H2,1-2H3/b6-5+. The first kappa shape index (κ1) is 18.3. The Kier molecular flexibility index (Phi) is 5.96. The third-order valence-corrected chi connectivity index (χ3v) is 4.12. The number of nitrogen functional groups attached to an aromatic ring is 1. The molecule has 25 heavy (non-hydrogen) atoms. The molecule has 0 aliphatic carbocycles. The summed E-state index contributed by atoms with van der Waals surface area (Å²) in [5, 5.41) is 0.0735. The number of ether oxygens (including phenoxy) is 3. The number of anilines is 1. The van der Waals surface area contributed by atoms with E-state index in [0.29, 0.717) is 5.76 Å². The Balaban J connectivity index is 2.20. The van der Waals surface area contributed by atoms with Gasteiger partial charge in [-0.15, -0.1) is 11.3 Å². The predicted molar refractivity (Wildman–Crippen MR) is 88.9 cm³/mol. The first-order chi connectivity index (χ1) is 12.0. The third kappa shape index (κ3) is 4.27. The molecular formula is C16H15NO7S. The molecule has 0 aromatic carbocycles. The molecular weight excluding hydrogens is 350 g/mol. The van der Waals surface area contributed by atoms with Crippen LogP contribution in [0.2, 0.25) is 0 Å². The monoisotopic (exact) mass is 365 g/mol. The molecule has 132 valence electrons. The van der Waals surface area contributed by atoms with Gasteiger partial charge in [-0.2, -0.15) is 0 Å². The number of esters is 3. The SMILES string of the molecule is COC(=O)c1sc(N)c(C(=O)OC)c1COC(=O)/C=C/c1ccco1. The Hall–Kier alpha value is -3.07. The molecule has 0 saturated carbocycles. The Morgan fingerprint density at radius 1 is 1.24 bits per heavy atom. The van der Waals surface area contributed by atoms with Gasteiger partial charge in [0.15, 0.2) is 0 Å². The summed E-state index contributed by atoms with van der Waals surface area (Å²) in [5.41, 5.74) is 5.91. The van der Waals surface area contributed by atoms with Crippen molar-refractivity contribution in [1.29, 1.82) is 0 Å². The number of nitrogens with two attached hydrogens (primary N) is 1. The van der Waals surface area contributed by atoms with Crippen LogP contribution in [0, 0.1) is 0 Å².